The largest absolute Gasteiger partial charge is 0.497 e. The molecule has 37 heavy (non-hydrogen) atoms. The zero-order chi connectivity index (χ0) is 25.9. The monoisotopic (exact) mass is 495 g/mol. The molecule has 0 aliphatic carbocycles. The minimum absolute atomic E-state index is 0.0397. The zero-order valence-electron chi connectivity index (χ0n) is 21.1. The van der Waals surface area contributed by atoms with Crippen LogP contribution in [-0.2, 0) is 16.1 Å². The van der Waals surface area contributed by atoms with Crippen molar-refractivity contribution in [2.24, 2.45) is 5.10 Å². The van der Waals surface area contributed by atoms with Crippen LogP contribution in [0.3, 0.4) is 0 Å². The van der Waals surface area contributed by atoms with Crippen molar-refractivity contribution in [3.05, 3.63) is 95.8 Å². The molecule has 0 saturated carbocycles. The first-order valence-corrected chi connectivity index (χ1v) is 12.3. The molecule has 3 aromatic carbocycles. The van der Waals surface area contributed by atoms with Gasteiger partial charge in [0.05, 0.1) is 35.9 Å². The van der Waals surface area contributed by atoms with Crippen LogP contribution < -0.4 is 10.1 Å². The van der Waals surface area contributed by atoms with Crippen molar-refractivity contribution in [1.29, 1.82) is 0 Å². The highest BCUT2D eigenvalue weighted by atomic mass is 16.5. The van der Waals surface area contributed by atoms with E-state index in [0.717, 1.165) is 33.6 Å². The Bertz CT molecular complexity index is 1460. The highest BCUT2D eigenvalue weighted by molar-refractivity contribution is 6.03. The number of hydrogen-bond donors (Lipinski definition) is 1. The lowest BCUT2D eigenvalue weighted by atomic mass is 9.98. The summed E-state index contributed by atoms with van der Waals surface area (Å²) in [4.78, 5) is 30.4. The smallest absolute Gasteiger partial charge is 0.263 e. The molecule has 2 amide bonds. The van der Waals surface area contributed by atoms with Gasteiger partial charge in [-0.15, -0.1) is 0 Å². The Morgan fingerprint density at radius 3 is 2.43 bits per heavy atom. The van der Waals surface area contributed by atoms with Gasteiger partial charge in [-0.2, -0.15) is 5.10 Å². The number of aromatic nitrogens is 2. The Balaban J connectivity index is 1.52. The van der Waals surface area contributed by atoms with Crippen LogP contribution in [0.2, 0.25) is 0 Å². The molecule has 8 heteroatoms. The second kappa shape index (κ2) is 10.3. The number of benzene rings is 3. The molecular formula is C29H29N5O3. The lowest BCUT2D eigenvalue weighted by molar-refractivity contribution is -0.133. The van der Waals surface area contributed by atoms with Gasteiger partial charge in [0, 0.05) is 13.3 Å². The van der Waals surface area contributed by atoms with Gasteiger partial charge in [-0.05, 0) is 42.3 Å². The summed E-state index contributed by atoms with van der Waals surface area (Å²) < 4.78 is 7.20. The molecule has 1 aliphatic rings. The van der Waals surface area contributed by atoms with Crippen molar-refractivity contribution in [2.45, 2.75) is 38.9 Å². The third-order valence-electron chi connectivity index (χ3n) is 6.56. The summed E-state index contributed by atoms with van der Waals surface area (Å²) >= 11 is 0. The number of nitrogens with one attached hydrogen (secondary N) is 1. The van der Waals surface area contributed by atoms with Gasteiger partial charge in [0.15, 0.2) is 0 Å². The maximum absolute atomic E-state index is 13.9. The van der Waals surface area contributed by atoms with Crippen LogP contribution in [0.1, 0.15) is 49.3 Å². The summed E-state index contributed by atoms with van der Waals surface area (Å²) in [5.41, 5.74) is 4.42. The van der Waals surface area contributed by atoms with Crippen molar-refractivity contribution in [3.63, 3.8) is 0 Å². The fourth-order valence-corrected chi connectivity index (χ4v) is 4.80. The number of methoxy groups -OCH3 is 1. The highest BCUT2D eigenvalue weighted by Crippen LogP contribution is 2.34. The molecule has 2 unspecified atom stereocenters. The number of carbonyl (C=O) groups excluding carboxylic acids is 2. The summed E-state index contributed by atoms with van der Waals surface area (Å²) in [5, 5.41) is 9.29. The Kier molecular flexibility index (Phi) is 6.72. The molecule has 0 bridgehead atoms. The van der Waals surface area contributed by atoms with Gasteiger partial charge in [-0.3, -0.25) is 9.59 Å². The Morgan fingerprint density at radius 2 is 1.73 bits per heavy atom. The van der Waals surface area contributed by atoms with Gasteiger partial charge in [0.25, 0.3) is 5.91 Å². The average molecular weight is 496 g/mol. The predicted molar refractivity (Wildman–Crippen MR) is 142 cm³/mol. The predicted octanol–water partition coefficient (Wildman–Crippen LogP) is 4.62. The maximum atomic E-state index is 13.9. The fraction of sp³-hybridized carbons (Fsp3) is 0.241. The van der Waals surface area contributed by atoms with E-state index >= 15 is 0 Å². The number of hydrogen-bond acceptors (Lipinski definition) is 5. The first-order valence-electron chi connectivity index (χ1n) is 12.3. The minimum atomic E-state index is -0.364. The minimum Gasteiger partial charge on any atom is -0.497 e. The SMILES string of the molecule is COc1ccc(C2CC(c3ccccc3)=NN2C(=O)Cn2c(C(C)NC(C)=O)nc3ccccc32)cc1. The molecule has 2 heterocycles. The molecule has 0 fully saturated rings. The molecule has 0 spiro atoms. The van der Waals surface area contributed by atoms with E-state index in [1.54, 1.807) is 12.1 Å². The van der Waals surface area contributed by atoms with E-state index in [1.165, 1.54) is 6.92 Å². The zero-order valence-corrected chi connectivity index (χ0v) is 21.1. The summed E-state index contributed by atoms with van der Waals surface area (Å²) in [6.07, 6.45) is 0.599. The number of nitrogens with zero attached hydrogens (tertiary/aromatic N) is 4. The molecule has 0 radical (unpaired) electrons. The van der Waals surface area contributed by atoms with E-state index in [1.807, 2.05) is 90.4 Å². The molecule has 2 atom stereocenters. The summed E-state index contributed by atoms with van der Waals surface area (Å²) in [6, 6.07) is 24.7. The number of ether oxygens (including phenoxy) is 1. The van der Waals surface area contributed by atoms with Gasteiger partial charge in [0.1, 0.15) is 18.1 Å². The van der Waals surface area contributed by atoms with Crippen LogP contribution in [-0.4, -0.2) is 39.2 Å². The van der Waals surface area contributed by atoms with Crippen molar-refractivity contribution in [1.82, 2.24) is 19.9 Å². The first kappa shape index (κ1) is 24.2. The van der Waals surface area contributed by atoms with Crippen LogP contribution in [0.25, 0.3) is 11.0 Å². The summed E-state index contributed by atoms with van der Waals surface area (Å²) in [6.45, 7) is 3.38. The van der Waals surface area contributed by atoms with Crippen LogP contribution in [0.5, 0.6) is 5.75 Å². The van der Waals surface area contributed by atoms with Gasteiger partial charge >= 0.3 is 0 Å². The third kappa shape index (κ3) is 4.95. The summed E-state index contributed by atoms with van der Waals surface area (Å²) in [5.74, 6) is 1.06. The number of para-hydroxylation sites is 2. The molecule has 188 valence electrons. The maximum Gasteiger partial charge on any atom is 0.263 e. The summed E-state index contributed by atoms with van der Waals surface area (Å²) in [7, 11) is 1.63. The van der Waals surface area contributed by atoms with E-state index in [0.29, 0.717) is 12.2 Å². The van der Waals surface area contributed by atoms with E-state index in [9.17, 15) is 9.59 Å². The molecule has 1 aliphatic heterocycles. The number of amides is 2. The third-order valence-corrected chi connectivity index (χ3v) is 6.56. The molecule has 4 aromatic rings. The van der Waals surface area contributed by atoms with Gasteiger partial charge in [-0.25, -0.2) is 9.99 Å². The fourth-order valence-electron chi connectivity index (χ4n) is 4.80. The molecular weight excluding hydrogens is 466 g/mol. The first-order chi connectivity index (χ1) is 17.9. The molecule has 1 aromatic heterocycles. The lowest BCUT2D eigenvalue weighted by Gasteiger charge is -2.23. The van der Waals surface area contributed by atoms with Crippen LogP contribution in [0.4, 0.5) is 0 Å². The van der Waals surface area contributed by atoms with Crippen LogP contribution >= 0.6 is 0 Å². The van der Waals surface area contributed by atoms with Crippen LogP contribution in [0, 0.1) is 0 Å². The molecule has 0 saturated heterocycles. The molecule has 5 rings (SSSR count). The van der Waals surface area contributed by atoms with Crippen molar-refractivity contribution < 1.29 is 14.3 Å². The Hall–Kier alpha value is -4.46. The van der Waals surface area contributed by atoms with E-state index in [2.05, 4.69) is 5.32 Å². The molecule has 8 nitrogen and oxygen atoms in total. The molecule has 1 N–H and O–H groups in total. The van der Waals surface area contributed by atoms with Crippen molar-refractivity contribution in [2.75, 3.05) is 7.11 Å². The number of fused-ring (bicyclic) bond motifs is 1. The van der Waals surface area contributed by atoms with Crippen molar-refractivity contribution >= 4 is 28.6 Å². The normalized spacial score (nSPS) is 15.9. The van der Waals surface area contributed by atoms with E-state index < -0.39 is 0 Å². The van der Waals surface area contributed by atoms with Crippen molar-refractivity contribution in [3.8, 4) is 5.75 Å². The second-order valence-electron chi connectivity index (χ2n) is 9.11. The number of hydrazone groups is 1. The number of carbonyl (C=O) groups is 2. The Morgan fingerprint density at radius 1 is 1.03 bits per heavy atom. The Labute approximate surface area is 215 Å². The second-order valence-corrected chi connectivity index (χ2v) is 9.11. The van der Waals surface area contributed by atoms with E-state index in [-0.39, 0.29) is 30.4 Å². The van der Waals surface area contributed by atoms with Gasteiger partial charge in [0.2, 0.25) is 5.91 Å². The average Bonchev–Trinajstić information content (AvgIpc) is 3.52. The number of rotatable bonds is 7. The van der Waals surface area contributed by atoms with Gasteiger partial charge < -0.3 is 14.6 Å². The standard InChI is InChI=1S/C29H29N5O3/c1-19(30-20(2)35)29-31-24-11-7-8-12-26(24)33(29)18-28(36)34-27(22-13-15-23(37-3)16-14-22)17-25(32-34)21-9-5-4-6-10-21/h4-16,19,27H,17-18H2,1-3H3,(H,30,35). The lowest BCUT2D eigenvalue weighted by Crippen LogP contribution is -2.32. The van der Waals surface area contributed by atoms with Crippen LogP contribution in [0.15, 0.2) is 84.0 Å². The number of imidazole rings is 1. The van der Waals surface area contributed by atoms with Gasteiger partial charge in [-0.1, -0.05) is 54.6 Å². The topological polar surface area (TPSA) is 88.8 Å². The van der Waals surface area contributed by atoms with E-state index in [4.69, 9.17) is 14.8 Å². The highest BCUT2D eigenvalue weighted by Gasteiger charge is 2.34. The quantitative estimate of drug-likeness (QED) is 0.405.